The molecular formula is C18H21FN4O. The van der Waals surface area contributed by atoms with E-state index in [4.69, 9.17) is 0 Å². The van der Waals surface area contributed by atoms with Crippen molar-refractivity contribution >= 4 is 17.4 Å². The first-order chi connectivity index (χ1) is 11.6. The highest BCUT2D eigenvalue weighted by Crippen LogP contribution is 2.16. The Labute approximate surface area is 141 Å². The van der Waals surface area contributed by atoms with Gasteiger partial charge in [-0.1, -0.05) is 12.1 Å². The average molecular weight is 328 g/mol. The second kappa shape index (κ2) is 7.40. The number of nitrogens with one attached hydrogen (secondary N) is 1. The summed E-state index contributed by atoms with van der Waals surface area (Å²) in [5, 5.41) is 2.65. The minimum Gasteiger partial charge on any atom is -0.354 e. The van der Waals surface area contributed by atoms with Gasteiger partial charge in [0.1, 0.15) is 11.6 Å². The molecule has 1 aromatic heterocycles. The summed E-state index contributed by atoms with van der Waals surface area (Å²) >= 11 is 0. The second-order valence-corrected chi connectivity index (χ2v) is 5.98. The summed E-state index contributed by atoms with van der Waals surface area (Å²) in [4.78, 5) is 20.7. The molecule has 2 heterocycles. The predicted octanol–water partition coefficient (Wildman–Crippen LogP) is 2.29. The van der Waals surface area contributed by atoms with Gasteiger partial charge in [-0.3, -0.25) is 9.69 Å². The van der Waals surface area contributed by atoms with E-state index in [-0.39, 0.29) is 18.1 Å². The first kappa shape index (κ1) is 16.4. The number of aromatic nitrogens is 1. The number of nitrogens with zero attached hydrogens (tertiary/aromatic N) is 3. The minimum atomic E-state index is -0.400. The molecule has 0 radical (unpaired) electrons. The third-order valence-corrected chi connectivity index (χ3v) is 4.11. The zero-order valence-corrected chi connectivity index (χ0v) is 13.7. The minimum absolute atomic E-state index is 0.191. The van der Waals surface area contributed by atoms with Gasteiger partial charge < -0.3 is 10.2 Å². The fourth-order valence-electron chi connectivity index (χ4n) is 2.79. The maximum atomic E-state index is 13.8. The van der Waals surface area contributed by atoms with Crippen molar-refractivity contribution < 1.29 is 9.18 Å². The van der Waals surface area contributed by atoms with Crippen LogP contribution in [0.5, 0.6) is 0 Å². The van der Waals surface area contributed by atoms with E-state index in [1.807, 2.05) is 25.1 Å². The number of anilines is 2. The van der Waals surface area contributed by atoms with E-state index < -0.39 is 5.82 Å². The van der Waals surface area contributed by atoms with Crippen molar-refractivity contribution in [2.75, 3.05) is 42.9 Å². The van der Waals surface area contributed by atoms with Crippen molar-refractivity contribution in [1.82, 2.24) is 9.88 Å². The first-order valence-corrected chi connectivity index (χ1v) is 8.06. The van der Waals surface area contributed by atoms with Crippen LogP contribution in [0.3, 0.4) is 0 Å². The van der Waals surface area contributed by atoms with Gasteiger partial charge in [0.15, 0.2) is 0 Å². The standard InChI is InChI=1S/C18H21FN4O/c1-14-5-6-16(15(19)12-14)21-18(24)13-22-8-10-23(11-9-22)17-4-2-3-7-20-17/h2-7,12H,8-11,13H2,1H3,(H,21,24). The number of carbonyl (C=O) groups is 1. The van der Waals surface area contributed by atoms with Gasteiger partial charge in [-0.2, -0.15) is 0 Å². The van der Waals surface area contributed by atoms with Crippen molar-refractivity contribution in [3.05, 3.63) is 54.0 Å². The lowest BCUT2D eigenvalue weighted by Crippen LogP contribution is -2.48. The van der Waals surface area contributed by atoms with Crippen LogP contribution < -0.4 is 10.2 Å². The number of halogens is 1. The van der Waals surface area contributed by atoms with Crippen molar-refractivity contribution in [3.63, 3.8) is 0 Å². The molecule has 1 saturated heterocycles. The highest BCUT2D eigenvalue weighted by molar-refractivity contribution is 5.92. The van der Waals surface area contributed by atoms with Gasteiger partial charge in [0.25, 0.3) is 0 Å². The molecule has 0 unspecified atom stereocenters. The molecule has 1 amide bonds. The Kier molecular flexibility index (Phi) is 5.05. The summed E-state index contributed by atoms with van der Waals surface area (Å²) in [6.45, 7) is 5.28. The number of rotatable bonds is 4. The number of piperazine rings is 1. The highest BCUT2D eigenvalue weighted by Gasteiger charge is 2.20. The van der Waals surface area contributed by atoms with E-state index in [2.05, 4.69) is 20.1 Å². The molecule has 24 heavy (non-hydrogen) atoms. The van der Waals surface area contributed by atoms with Gasteiger partial charge >= 0.3 is 0 Å². The Morgan fingerprint density at radius 1 is 1.21 bits per heavy atom. The molecule has 1 aromatic carbocycles. The number of amides is 1. The van der Waals surface area contributed by atoms with Gasteiger partial charge in [-0.25, -0.2) is 9.37 Å². The lowest BCUT2D eigenvalue weighted by Gasteiger charge is -2.34. The quantitative estimate of drug-likeness (QED) is 0.935. The second-order valence-electron chi connectivity index (χ2n) is 5.98. The van der Waals surface area contributed by atoms with Gasteiger partial charge in [-0.05, 0) is 36.8 Å². The number of hydrogen-bond donors (Lipinski definition) is 1. The molecule has 0 spiro atoms. The van der Waals surface area contributed by atoms with Crippen LogP contribution in [-0.4, -0.2) is 48.5 Å². The van der Waals surface area contributed by atoms with E-state index in [1.54, 1.807) is 18.3 Å². The monoisotopic (exact) mass is 328 g/mol. The van der Waals surface area contributed by atoms with Crippen LogP contribution in [0.4, 0.5) is 15.9 Å². The Morgan fingerprint density at radius 3 is 2.67 bits per heavy atom. The summed E-state index contributed by atoms with van der Waals surface area (Å²) in [7, 11) is 0. The van der Waals surface area contributed by atoms with Gasteiger partial charge in [0.2, 0.25) is 5.91 Å². The zero-order valence-electron chi connectivity index (χ0n) is 13.7. The topological polar surface area (TPSA) is 48.5 Å². The van der Waals surface area contributed by atoms with Crippen LogP contribution in [0.25, 0.3) is 0 Å². The Balaban J connectivity index is 1.50. The molecule has 0 aliphatic carbocycles. The van der Waals surface area contributed by atoms with Crippen molar-refractivity contribution in [2.45, 2.75) is 6.92 Å². The number of pyridine rings is 1. The first-order valence-electron chi connectivity index (χ1n) is 8.06. The summed E-state index contributed by atoms with van der Waals surface area (Å²) in [6.07, 6.45) is 1.78. The summed E-state index contributed by atoms with van der Waals surface area (Å²) < 4.78 is 13.8. The summed E-state index contributed by atoms with van der Waals surface area (Å²) in [6, 6.07) is 10.7. The van der Waals surface area contributed by atoms with Crippen LogP contribution in [0.1, 0.15) is 5.56 Å². The van der Waals surface area contributed by atoms with Crippen molar-refractivity contribution in [1.29, 1.82) is 0 Å². The Hall–Kier alpha value is -2.47. The Morgan fingerprint density at radius 2 is 2.00 bits per heavy atom. The largest absolute Gasteiger partial charge is 0.354 e. The van der Waals surface area contributed by atoms with E-state index >= 15 is 0 Å². The molecule has 6 heteroatoms. The molecule has 0 bridgehead atoms. The Bertz CT molecular complexity index is 699. The lowest BCUT2D eigenvalue weighted by molar-refractivity contribution is -0.117. The predicted molar refractivity (Wildman–Crippen MR) is 92.7 cm³/mol. The molecule has 1 aliphatic rings. The fourth-order valence-corrected chi connectivity index (χ4v) is 2.79. The molecule has 1 N–H and O–H groups in total. The molecule has 2 aromatic rings. The van der Waals surface area contributed by atoms with Crippen LogP contribution in [0.2, 0.25) is 0 Å². The maximum Gasteiger partial charge on any atom is 0.238 e. The average Bonchev–Trinajstić information content (AvgIpc) is 2.59. The molecule has 0 atom stereocenters. The van der Waals surface area contributed by atoms with E-state index in [9.17, 15) is 9.18 Å². The van der Waals surface area contributed by atoms with Crippen LogP contribution in [-0.2, 0) is 4.79 Å². The van der Waals surface area contributed by atoms with Crippen LogP contribution >= 0.6 is 0 Å². The smallest absolute Gasteiger partial charge is 0.238 e. The molecular weight excluding hydrogens is 307 g/mol. The third-order valence-electron chi connectivity index (χ3n) is 4.11. The van der Waals surface area contributed by atoms with Crippen molar-refractivity contribution in [3.8, 4) is 0 Å². The summed E-state index contributed by atoms with van der Waals surface area (Å²) in [5.74, 6) is 0.371. The fraction of sp³-hybridized carbons (Fsp3) is 0.333. The third kappa shape index (κ3) is 4.08. The van der Waals surface area contributed by atoms with E-state index in [0.29, 0.717) is 0 Å². The number of aryl methyl sites for hydroxylation is 1. The van der Waals surface area contributed by atoms with Crippen molar-refractivity contribution in [2.24, 2.45) is 0 Å². The van der Waals surface area contributed by atoms with Gasteiger partial charge in [-0.15, -0.1) is 0 Å². The van der Waals surface area contributed by atoms with Gasteiger partial charge in [0.05, 0.1) is 12.2 Å². The molecule has 5 nitrogen and oxygen atoms in total. The molecule has 1 aliphatic heterocycles. The molecule has 3 rings (SSSR count). The highest BCUT2D eigenvalue weighted by atomic mass is 19.1. The molecule has 126 valence electrons. The number of hydrogen-bond acceptors (Lipinski definition) is 4. The maximum absolute atomic E-state index is 13.8. The van der Waals surface area contributed by atoms with Crippen LogP contribution in [0, 0.1) is 12.7 Å². The molecule has 0 saturated carbocycles. The van der Waals surface area contributed by atoms with E-state index in [1.165, 1.54) is 6.07 Å². The molecule has 1 fully saturated rings. The SMILES string of the molecule is Cc1ccc(NC(=O)CN2CCN(c3ccccn3)CC2)c(F)c1. The van der Waals surface area contributed by atoms with Crippen LogP contribution in [0.15, 0.2) is 42.6 Å². The number of benzene rings is 1. The summed E-state index contributed by atoms with van der Waals surface area (Å²) in [5.41, 5.74) is 1.06. The van der Waals surface area contributed by atoms with E-state index in [0.717, 1.165) is 37.6 Å². The number of carbonyl (C=O) groups excluding carboxylic acids is 1. The van der Waals surface area contributed by atoms with Gasteiger partial charge in [0, 0.05) is 32.4 Å². The zero-order chi connectivity index (χ0) is 16.9. The normalized spacial score (nSPS) is 15.3. The lowest BCUT2D eigenvalue weighted by atomic mass is 10.2.